The van der Waals surface area contributed by atoms with Gasteiger partial charge in [0.25, 0.3) is 0 Å². The molecule has 1 saturated carbocycles. The number of carboxylic acid groups (broad SMARTS) is 1. The Morgan fingerprint density at radius 3 is 2.18 bits per heavy atom. The van der Waals surface area contributed by atoms with E-state index in [4.69, 9.17) is 5.10 Å². The van der Waals surface area contributed by atoms with Gasteiger partial charge in [0, 0.05) is 35.8 Å². The molecule has 1 N–H and O–H groups in total. The van der Waals surface area contributed by atoms with Crippen LogP contribution in [-0.2, 0) is 29.6 Å². The number of likely N-dealkylation sites (tertiary alicyclic amines) is 1. The molecule has 0 radical (unpaired) electrons. The maximum absolute atomic E-state index is 14.4. The van der Waals surface area contributed by atoms with Crippen LogP contribution in [0.15, 0.2) is 18.2 Å². The third-order valence-corrected chi connectivity index (χ3v) is 10.9. The fourth-order valence-corrected chi connectivity index (χ4v) is 8.76. The Labute approximate surface area is 280 Å². The molecule has 0 unspecified atom stereocenters. The molecule has 5 rings (SSSR count). The molecule has 2 heterocycles. The van der Waals surface area contributed by atoms with E-state index in [1.165, 1.54) is 35.5 Å². The van der Waals surface area contributed by atoms with Crippen LogP contribution in [0.25, 0.3) is 0 Å². The van der Waals surface area contributed by atoms with E-state index in [0.29, 0.717) is 12.0 Å². The maximum Gasteiger partial charge on any atom is 0.321 e. The molecule has 3 aliphatic rings. The molecule has 0 bridgehead atoms. The number of piperidine rings is 1. The first-order valence-corrected chi connectivity index (χ1v) is 15.7. The van der Waals surface area contributed by atoms with Crippen LogP contribution < -0.4 is 0 Å². The highest BCUT2D eigenvalue weighted by atomic mass is 35.5. The zero-order valence-electron chi connectivity index (χ0n) is 26.9. The summed E-state index contributed by atoms with van der Waals surface area (Å²) in [5.74, 6) is -1.83. The molecule has 44 heavy (non-hydrogen) atoms. The van der Waals surface area contributed by atoms with E-state index >= 15 is 0 Å². The van der Waals surface area contributed by atoms with E-state index in [-0.39, 0.29) is 72.5 Å². The van der Waals surface area contributed by atoms with Crippen LogP contribution in [0, 0.1) is 23.5 Å². The van der Waals surface area contributed by atoms with Gasteiger partial charge < -0.3 is 10.0 Å². The minimum atomic E-state index is -0.817. The summed E-state index contributed by atoms with van der Waals surface area (Å²) in [6, 6.07) is 3.55. The number of likely N-dealkylation sites (N-methyl/N-ethyl adjacent to an activating group) is 1. The van der Waals surface area contributed by atoms with Crippen molar-refractivity contribution in [2.45, 2.75) is 116 Å². The first kappa shape index (κ1) is 38.7. The fraction of sp³-hybridized carbons (Fsp3) is 0.697. The highest BCUT2D eigenvalue weighted by molar-refractivity contribution is 5.86. The van der Waals surface area contributed by atoms with Gasteiger partial charge in [-0.3, -0.25) is 14.4 Å². The third kappa shape index (κ3) is 7.10. The van der Waals surface area contributed by atoms with Gasteiger partial charge in [-0.25, -0.2) is 8.78 Å². The van der Waals surface area contributed by atoms with Gasteiger partial charge in [0.05, 0.1) is 5.69 Å². The molecule has 1 aromatic carbocycles. The molecule has 6 nitrogen and oxygen atoms in total. The fourth-order valence-electron chi connectivity index (χ4n) is 8.76. The summed E-state index contributed by atoms with van der Waals surface area (Å²) in [4.78, 5) is 16.8. The van der Waals surface area contributed by atoms with Crippen molar-refractivity contribution in [1.29, 1.82) is 0 Å². The first-order chi connectivity index (χ1) is 19.5. The number of carboxylic acids is 1. The van der Waals surface area contributed by atoms with Gasteiger partial charge >= 0.3 is 5.97 Å². The molecule has 2 fully saturated rings. The van der Waals surface area contributed by atoms with Crippen molar-refractivity contribution in [2.24, 2.45) is 11.8 Å². The number of aliphatic carboxylic acids is 1. The van der Waals surface area contributed by atoms with Gasteiger partial charge in [-0.05, 0) is 120 Å². The second-order valence-corrected chi connectivity index (χ2v) is 13.3. The summed E-state index contributed by atoms with van der Waals surface area (Å²) in [6.45, 7) is 13.4. The number of halogens is 5. The van der Waals surface area contributed by atoms with Crippen molar-refractivity contribution in [3.8, 4) is 0 Å². The lowest BCUT2D eigenvalue weighted by Crippen LogP contribution is -2.49. The van der Waals surface area contributed by atoms with Crippen LogP contribution in [0.5, 0.6) is 0 Å². The Kier molecular flexibility index (Phi) is 13.6. The molecular weight excluding hydrogens is 629 g/mol. The first-order valence-electron chi connectivity index (χ1n) is 15.7. The lowest BCUT2D eigenvalue weighted by molar-refractivity contribution is -0.145. The summed E-state index contributed by atoms with van der Waals surface area (Å²) in [7, 11) is 1.91. The lowest BCUT2D eigenvalue weighted by atomic mass is 9.75. The monoisotopic (exact) mass is 678 g/mol. The van der Waals surface area contributed by atoms with Gasteiger partial charge in [0.1, 0.15) is 17.7 Å². The lowest BCUT2D eigenvalue weighted by Gasteiger charge is -2.44. The van der Waals surface area contributed by atoms with Gasteiger partial charge in [-0.2, -0.15) is 5.10 Å². The van der Waals surface area contributed by atoms with Crippen molar-refractivity contribution in [1.82, 2.24) is 19.6 Å². The Hall–Kier alpha value is -1.45. The SMILES string of the molecule is CCc1nn(CC)c2c1CCC21CCN([C@H](C)[C@H]2C[C@H](N(C)[C@@H](C(=O)O)C(C)C)C[C@@H]2c2cc(F)cc(F)c2)CC1.Cl.Cl.Cl. The standard InChI is InChI=1S/C33H48F2N4O2.3ClH/c1-7-29-26-9-10-33(31(26)39(8-2)36-29)11-13-38(14-12-33)21(5)27-18-25(37(6)30(20(3)4)32(40)41)19-28(27)22-15-23(34)17-24(35)16-22;;;/h15-17,20-21,25,27-28,30H,7-14,18-19H2,1-6H3,(H,40,41);3*1H/t21-,25+,27-,28-,30-;;;/m1.../s1. The highest BCUT2D eigenvalue weighted by Crippen LogP contribution is 2.50. The van der Waals surface area contributed by atoms with Crippen molar-refractivity contribution in [3.63, 3.8) is 0 Å². The second-order valence-electron chi connectivity index (χ2n) is 13.3. The van der Waals surface area contributed by atoms with Crippen LogP contribution >= 0.6 is 37.2 Å². The number of nitrogens with zero attached hydrogens (tertiary/aromatic N) is 4. The molecule has 11 heteroatoms. The Morgan fingerprint density at radius 1 is 1.05 bits per heavy atom. The summed E-state index contributed by atoms with van der Waals surface area (Å²) < 4.78 is 31.1. The van der Waals surface area contributed by atoms with E-state index in [0.717, 1.165) is 57.8 Å². The quantitative estimate of drug-likeness (QED) is 0.302. The molecule has 1 spiro atoms. The van der Waals surface area contributed by atoms with Gasteiger partial charge in [0.15, 0.2) is 0 Å². The van der Waals surface area contributed by atoms with E-state index in [2.05, 4.69) is 30.4 Å². The van der Waals surface area contributed by atoms with Crippen LogP contribution in [-0.4, -0.2) is 68.9 Å². The molecule has 0 amide bonds. The number of fused-ring (bicyclic) bond motifs is 2. The van der Waals surface area contributed by atoms with E-state index in [1.807, 2.05) is 25.8 Å². The Morgan fingerprint density at radius 2 is 1.66 bits per heavy atom. The Balaban J connectivity index is 0.00000225. The van der Waals surface area contributed by atoms with Crippen LogP contribution in [0.2, 0.25) is 0 Å². The van der Waals surface area contributed by atoms with E-state index in [1.54, 1.807) is 0 Å². The minimum Gasteiger partial charge on any atom is -0.480 e. The number of carbonyl (C=O) groups is 1. The summed E-state index contributed by atoms with van der Waals surface area (Å²) in [5.41, 5.74) is 5.12. The van der Waals surface area contributed by atoms with Gasteiger partial charge in [-0.15, -0.1) is 37.2 Å². The summed E-state index contributed by atoms with van der Waals surface area (Å²) >= 11 is 0. The van der Waals surface area contributed by atoms with Crippen molar-refractivity contribution in [3.05, 3.63) is 52.3 Å². The van der Waals surface area contributed by atoms with Crippen molar-refractivity contribution in [2.75, 3.05) is 20.1 Å². The second kappa shape index (κ2) is 15.4. The average molecular weight is 680 g/mol. The topological polar surface area (TPSA) is 61.6 Å². The van der Waals surface area contributed by atoms with E-state index < -0.39 is 23.6 Å². The Bertz CT molecular complexity index is 1250. The molecule has 1 saturated heterocycles. The predicted molar refractivity (Wildman–Crippen MR) is 179 cm³/mol. The zero-order valence-corrected chi connectivity index (χ0v) is 29.3. The zero-order chi connectivity index (χ0) is 29.6. The number of hydrogen-bond acceptors (Lipinski definition) is 4. The third-order valence-electron chi connectivity index (χ3n) is 10.9. The largest absolute Gasteiger partial charge is 0.480 e. The normalized spacial score (nSPS) is 24.0. The molecule has 1 aromatic heterocycles. The number of rotatable bonds is 9. The number of aryl methyl sites for hydroxylation is 2. The maximum atomic E-state index is 14.4. The highest BCUT2D eigenvalue weighted by Gasteiger charge is 2.48. The molecule has 2 aromatic rings. The van der Waals surface area contributed by atoms with Gasteiger partial charge in [0.2, 0.25) is 0 Å². The summed E-state index contributed by atoms with van der Waals surface area (Å²) in [5, 5.41) is 14.9. The minimum absolute atomic E-state index is 0. The molecular formula is C33H51Cl3F2N4O2. The number of aromatic nitrogens is 2. The average Bonchev–Trinajstić information content (AvgIpc) is 3.62. The van der Waals surface area contributed by atoms with Gasteiger partial charge in [-0.1, -0.05) is 20.8 Å². The molecule has 2 aliphatic carbocycles. The number of hydrogen-bond donors (Lipinski definition) is 1. The number of benzene rings is 1. The molecule has 250 valence electrons. The van der Waals surface area contributed by atoms with Crippen LogP contribution in [0.1, 0.15) is 95.2 Å². The smallest absolute Gasteiger partial charge is 0.321 e. The van der Waals surface area contributed by atoms with Crippen LogP contribution in [0.3, 0.4) is 0 Å². The van der Waals surface area contributed by atoms with Crippen molar-refractivity contribution >= 4 is 43.2 Å². The molecule has 1 aliphatic heterocycles. The van der Waals surface area contributed by atoms with E-state index in [9.17, 15) is 18.7 Å². The summed E-state index contributed by atoms with van der Waals surface area (Å²) in [6.07, 6.45) is 7.01. The van der Waals surface area contributed by atoms with Crippen LogP contribution in [0.4, 0.5) is 8.78 Å². The molecule has 5 atom stereocenters. The predicted octanol–water partition coefficient (Wildman–Crippen LogP) is 7.28. The van der Waals surface area contributed by atoms with Crippen molar-refractivity contribution < 1.29 is 18.7 Å².